The summed E-state index contributed by atoms with van der Waals surface area (Å²) in [7, 11) is 1.55. The number of hydrogen-bond acceptors (Lipinski definition) is 5. The van der Waals surface area contributed by atoms with Gasteiger partial charge in [0.15, 0.2) is 5.82 Å². The predicted molar refractivity (Wildman–Crippen MR) is 99.4 cm³/mol. The molecular weight excluding hydrogens is 385 g/mol. The quantitative estimate of drug-likeness (QED) is 0.732. The molecule has 1 fully saturated rings. The molecule has 0 N–H and O–H groups in total. The molecule has 0 saturated carbocycles. The van der Waals surface area contributed by atoms with E-state index < -0.39 is 11.7 Å². The number of tetrazole rings is 1. The zero-order valence-corrected chi connectivity index (χ0v) is 16.6. The minimum Gasteiger partial charge on any atom is -0.340 e. The van der Waals surface area contributed by atoms with Crippen molar-refractivity contribution >= 4 is 5.91 Å². The Balaban J connectivity index is 1.59. The molecule has 1 aliphatic rings. The van der Waals surface area contributed by atoms with Crippen LogP contribution in [-0.4, -0.2) is 56.1 Å². The topological polar surface area (TPSA) is 67.2 Å². The Bertz CT molecular complexity index is 829. The number of carbonyl (C=O) groups is 1. The molecule has 2 heterocycles. The molecule has 0 bridgehead atoms. The van der Waals surface area contributed by atoms with Crippen LogP contribution in [0.15, 0.2) is 24.3 Å². The number of aromatic nitrogens is 4. The number of amides is 1. The van der Waals surface area contributed by atoms with E-state index in [1.807, 2.05) is 0 Å². The van der Waals surface area contributed by atoms with Crippen molar-refractivity contribution in [2.45, 2.75) is 45.6 Å². The van der Waals surface area contributed by atoms with Crippen LogP contribution in [0.4, 0.5) is 13.2 Å². The first-order valence-electron chi connectivity index (χ1n) is 9.60. The van der Waals surface area contributed by atoms with Crippen LogP contribution in [0.2, 0.25) is 0 Å². The zero-order valence-electron chi connectivity index (χ0n) is 16.6. The molecule has 1 aromatic carbocycles. The van der Waals surface area contributed by atoms with Gasteiger partial charge in [-0.2, -0.15) is 13.2 Å². The van der Waals surface area contributed by atoms with Crippen LogP contribution in [-0.2, 0) is 30.6 Å². The van der Waals surface area contributed by atoms with Crippen molar-refractivity contribution in [3.63, 3.8) is 0 Å². The zero-order chi connectivity index (χ0) is 21.0. The Morgan fingerprint density at radius 3 is 2.69 bits per heavy atom. The summed E-state index contributed by atoms with van der Waals surface area (Å²) in [5.41, 5.74) is -0.315. The second-order valence-corrected chi connectivity index (χ2v) is 7.66. The van der Waals surface area contributed by atoms with Gasteiger partial charge in [0.25, 0.3) is 0 Å². The molecule has 1 aliphatic heterocycles. The van der Waals surface area contributed by atoms with Crippen LogP contribution >= 0.6 is 0 Å². The average Bonchev–Trinajstić information content (AvgIpc) is 3.09. The minimum absolute atomic E-state index is 0.0535. The summed E-state index contributed by atoms with van der Waals surface area (Å²) in [6.45, 7) is 4.77. The Morgan fingerprint density at radius 1 is 1.28 bits per heavy atom. The molecule has 0 spiro atoms. The number of alkyl halides is 3. The van der Waals surface area contributed by atoms with E-state index in [0.29, 0.717) is 23.9 Å². The van der Waals surface area contributed by atoms with Crippen LogP contribution in [0.5, 0.6) is 0 Å². The van der Waals surface area contributed by atoms with E-state index >= 15 is 0 Å². The molecule has 1 saturated heterocycles. The third-order valence-corrected chi connectivity index (χ3v) is 5.23. The summed E-state index contributed by atoms with van der Waals surface area (Å²) in [5, 5.41) is 11.6. The number of likely N-dealkylation sites (tertiary alicyclic amines) is 1. The van der Waals surface area contributed by atoms with Gasteiger partial charge >= 0.3 is 6.18 Å². The fourth-order valence-electron chi connectivity index (χ4n) is 3.34. The first-order chi connectivity index (χ1) is 13.7. The van der Waals surface area contributed by atoms with Crippen molar-refractivity contribution in [1.82, 2.24) is 30.0 Å². The van der Waals surface area contributed by atoms with E-state index in [1.165, 1.54) is 15.6 Å². The van der Waals surface area contributed by atoms with Crippen LogP contribution in [0, 0.1) is 5.92 Å². The first kappa shape index (κ1) is 21.2. The fraction of sp³-hybridized carbons (Fsp3) is 0.579. The molecule has 0 radical (unpaired) electrons. The van der Waals surface area contributed by atoms with Crippen molar-refractivity contribution in [2.24, 2.45) is 5.92 Å². The largest absolute Gasteiger partial charge is 0.416 e. The molecule has 0 atom stereocenters. The smallest absolute Gasteiger partial charge is 0.340 e. The fourth-order valence-corrected chi connectivity index (χ4v) is 3.34. The standard InChI is InChI=1S/C19H25F3N6O/c1-14-6-8-27(9-7-14)12-17-23-24-25-28(17)13-18(29)26(2)11-15-4-3-5-16(10-15)19(20,21)22/h3-5,10,14H,6-9,11-13H2,1-2H3. The highest BCUT2D eigenvalue weighted by molar-refractivity contribution is 5.75. The highest BCUT2D eigenvalue weighted by Crippen LogP contribution is 2.29. The lowest BCUT2D eigenvalue weighted by atomic mass is 9.99. The molecule has 158 valence electrons. The number of nitrogens with zero attached hydrogens (tertiary/aromatic N) is 6. The maximum atomic E-state index is 12.9. The van der Waals surface area contributed by atoms with Gasteiger partial charge in [-0.1, -0.05) is 19.1 Å². The molecular formula is C19H25F3N6O. The van der Waals surface area contributed by atoms with Gasteiger partial charge in [-0.3, -0.25) is 9.69 Å². The average molecular weight is 410 g/mol. The Kier molecular flexibility index (Phi) is 6.51. The van der Waals surface area contributed by atoms with E-state index in [4.69, 9.17) is 0 Å². The van der Waals surface area contributed by atoms with Crippen molar-refractivity contribution < 1.29 is 18.0 Å². The number of rotatable bonds is 6. The second kappa shape index (κ2) is 8.89. The summed E-state index contributed by atoms with van der Waals surface area (Å²) >= 11 is 0. The molecule has 10 heteroatoms. The molecule has 3 rings (SSSR count). The SMILES string of the molecule is CC1CCN(Cc2nnnn2CC(=O)N(C)Cc2cccc(C(F)(F)F)c2)CC1. The summed E-state index contributed by atoms with van der Waals surface area (Å²) in [5.74, 6) is 1.05. The lowest BCUT2D eigenvalue weighted by Gasteiger charge is -2.29. The van der Waals surface area contributed by atoms with E-state index in [2.05, 4.69) is 27.3 Å². The van der Waals surface area contributed by atoms with Gasteiger partial charge in [-0.15, -0.1) is 5.10 Å². The number of benzene rings is 1. The van der Waals surface area contributed by atoms with Crippen LogP contribution < -0.4 is 0 Å². The number of carbonyl (C=O) groups excluding carboxylic acids is 1. The highest BCUT2D eigenvalue weighted by Gasteiger charge is 2.30. The van der Waals surface area contributed by atoms with Gasteiger partial charge in [0.1, 0.15) is 6.54 Å². The molecule has 0 unspecified atom stereocenters. The predicted octanol–water partition coefficient (Wildman–Crippen LogP) is 2.58. The van der Waals surface area contributed by atoms with Crippen molar-refractivity contribution in [3.05, 3.63) is 41.2 Å². The van der Waals surface area contributed by atoms with Crippen molar-refractivity contribution in [1.29, 1.82) is 0 Å². The van der Waals surface area contributed by atoms with Crippen molar-refractivity contribution in [3.8, 4) is 0 Å². The van der Waals surface area contributed by atoms with Crippen LogP contribution in [0.25, 0.3) is 0 Å². The molecule has 29 heavy (non-hydrogen) atoms. The third kappa shape index (κ3) is 5.75. The molecule has 0 aliphatic carbocycles. The van der Waals surface area contributed by atoms with Gasteiger partial charge < -0.3 is 4.90 Å². The summed E-state index contributed by atoms with van der Waals surface area (Å²) in [6, 6.07) is 4.98. The van der Waals surface area contributed by atoms with Gasteiger partial charge in [-0.25, -0.2) is 4.68 Å². The monoisotopic (exact) mass is 410 g/mol. The number of piperidine rings is 1. The lowest BCUT2D eigenvalue weighted by molar-refractivity contribution is -0.137. The van der Waals surface area contributed by atoms with E-state index in [9.17, 15) is 18.0 Å². The van der Waals surface area contributed by atoms with E-state index in [0.717, 1.165) is 38.1 Å². The molecule has 1 aromatic heterocycles. The maximum Gasteiger partial charge on any atom is 0.416 e. The van der Waals surface area contributed by atoms with E-state index in [-0.39, 0.29) is 19.0 Å². The summed E-state index contributed by atoms with van der Waals surface area (Å²) in [4.78, 5) is 16.2. The number of likely N-dealkylation sites (N-methyl/N-ethyl adjacent to an activating group) is 1. The Labute approximate surface area is 167 Å². The molecule has 7 nitrogen and oxygen atoms in total. The highest BCUT2D eigenvalue weighted by atomic mass is 19.4. The van der Waals surface area contributed by atoms with E-state index in [1.54, 1.807) is 13.1 Å². The number of hydrogen-bond donors (Lipinski definition) is 0. The summed E-state index contributed by atoms with van der Waals surface area (Å²) in [6.07, 6.45) is -2.16. The Morgan fingerprint density at radius 2 is 2.00 bits per heavy atom. The van der Waals surface area contributed by atoms with Crippen LogP contribution in [0.3, 0.4) is 0 Å². The van der Waals surface area contributed by atoms with Gasteiger partial charge in [0.2, 0.25) is 5.91 Å². The Hall–Kier alpha value is -2.49. The lowest BCUT2D eigenvalue weighted by Crippen LogP contribution is -2.35. The minimum atomic E-state index is -4.41. The van der Waals surface area contributed by atoms with Crippen molar-refractivity contribution in [2.75, 3.05) is 20.1 Å². The van der Waals surface area contributed by atoms with Crippen LogP contribution in [0.1, 0.15) is 36.7 Å². The summed E-state index contributed by atoms with van der Waals surface area (Å²) < 4.78 is 40.1. The molecule has 1 amide bonds. The van der Waals surface area contributed by atoms with Gasteiger partial charge in [0.05, 0.1) is 12.1 Å². The first-order valence-corrected chi connectivity index (χ1v) is 9.60. The maximum absolute atomic E-state index is 12.9. The molecule has 2 aromatic rings. The third-order valence-electron chi connectivity index (χ3n) is 5.23. The van der Waals surface area contributed by atoms with Gasteiger partial charge in [-0.05, 0) is 60.0 Å². The second-order valence-electron chi connectivity index (χ2n) is 7.66. The normalized spacial score (nSPS) is 16.2. The van der Waals surface area contributed by atoms with Gasteiger partial charge in [0, 0.05) is 13.6 Å². The number of halogens is 3.